The van der Waals surface area contributed by atoms with Crippen molar-refractivity contribution in [1.82, 2.24) is 24.8 Å². The topological polar surface area (TPSA) is 68.1 Å². The van der Waals surface area contributed by atoms with Gasteiger partial charge in [0.25, 0.3) is 0 Å². The van der Waals surface area contributed by atoms with Crippen LogP contribution in [0.5, 0.6) is 5.75 Å². The number of nitrogens with zero attached hydrogens (tertiary/aromatic N) is 5. The highest BCUT2D eigenvalue weighted by Crippen LogP contribution is 2.30. The fourth-order valence-electron chi connectivity index (χ4n) is 3.96. The van der Waals surface area contributed by atoms with E-state index in [1.54, 1.807) is 19.5 Å². The van der Waals surface area contributed by atoms with Gasteiger partial charge in [-0.3, -0.25) is 9.55 Å². The van der Waals surface area contributed by atoms with Crippen LogP contribution < -0.4 is 15.0 Å². The lowest BCUT2D eigenvalue weighted by Gasteiger charge is -2.34. The van der Waals surface area contributed by atoms with Crippen molar-refractivity contribution in [2.75, 3.05) is 31.6 Å². The highest BCUT2D eigenvalue weighted by Gasteiger charge is 2.22. The summed E-state index contributed by atoms with van der Waals surface area (Å²) in [6.45, 7) is 5.08. The Bertz CT molecular complexity index is 1160. The summed E-state index contributed by atoms with van der Waals surface area (Å²) in [7, 11) is 1.67. The third-order valence-corrected chi connectivity index (χ3v) is 5.55. The second kappa shape index (κ2) is 7.76. The van der Waals surface area contributed by atoms with Gasteiger partial charge in [-0.15, -0.1) is 0 Å². The van der Waals surface area contributed by atoms with Crippen LogP contribution in [0, 0.1) is 0 Å². The van der Waals surface area contributed by atoms with Crippen molar-refractivity contribution in [2.24, 2.45) is 0 Å². The van der Waals surface area contributed by atoms with Crippen LogP contribution in [0.3, 0.4) is 0 Å². The van der Waals surface area contributed by atoms with Crippen LogP contribution >= 0.6 is 0 Å². The van der Waals surface area contributed by atoms with E-state index < -0.39 is 0 Å². The molecule has 0 aliphatic carbocycles. The molecule has 7 nitrogen and oxygen atoms in total. The predicted octanol–water partition coefficient (Wildman–Crippen LogP) is 3.29. The Morgan fingerprint density at radius 3 is 2.53 bits per heavy atom. The summed E-state index contributed by atoms with van der Waals surface area (Å²) in [5.41, 5.74) is 3.69. The molecule has 3 aromatic heterocycles. The Labute approximate surface area is 175 Å². The average molecular weight is 400 g/mol. The van der Waals surface area contributed by atoms with Crippen LogP contribution in [-0.2, 0) is 0 Å². The zero-order valence-corrected chi connectivity index (χ0v) is 17.1. The van der Waals surface area contributed by atoms with E-state index in [0.717, 1.165) is 59.4 Å². The van der Waals surface area contributed by atoms with Gasteiger partial charge in [0.1, 0.15) is 22.9 Å². The number of anilines is 1. The van der Waals surface area contributed by atoms with E-state index in [-0.39, 0.29) is 0 Å². The first-order chi connectivity index (χ1) is 14.7. The highest BCUT2D eigenvalue weighted by molar-refractivity contribution is 5.81. The SMILES string of the molecule is COc1ccc(-c2nc3ccc(N4CCNCC4C)nc3n2-c2ccncc2)cc1. The van der Waals surface area contributed by atoms with E-state index in [9.17, 15) is 0 Å². The number of hydrogen-bond donors (Lipinski definition) is 1. The molecular formula is C23H24N6O. The maximum Gasteiger partial charge on any atom is 0.167 e. The number of ether oxygens (including phenoxy) is 1. The van der Waals surface area contributed by atoms with Crippen LogP contribution in [0.15, 0.2) is 60.9 Å². The van der Waals surface area contributed by atoms with Crippen molar-refractivity contribution in [1.29, 1.82) is 0 Å². The molecule has 1 saturated heterocycles. The lowest BCUT2D eigenvalue weighted by molar-refractivity contribution is 0.415. The molecule has 1 aliphatic heterocycles. The molecule has 1 fully saturated rings. The Hall–Kier alpha value is -3.45. The number of imidazole rings is 1. The standard InChI is InChI=1S/C23H24N6O/c1-16-15-25-13-14-28(16)21-8-7-20-23(27-21)29(18-9-11-24-12-10-18)22(26-20)17-3-5-19(30-2)6-4-17/h3-12,16,25H,13-15H2,1-2H3. The maximum atomic E-state index is 5.31. The van der Waals surface area contributed by atoms with Gasteiger partial charge in [0.2, 0.25) is 0 Å². The summed E-state index contributed by atoms with van der Waals surface area (Å²) < 4.78 is 7.42. The minimum Gasteiger partial charge on any atom is -0.497 e. The number of methoxy groups -OCH3 is 1. The molecule has 0 bridgehead atoms. The first-order valence-corrected chi connectivity index (χ1v) is 10.2. The van der Waals surface area contributed by atoms with Crippen molar-refractivity contribution in [3.05, 3.63) is 60.9 Å². The third-order valence-electron chi connectivity index (χ3n) is 5.55. The molecule has 1 aromatic carbocycles. The molecule has 4 aromatic rings. The van der Waals surface area contributed by atoms with Crippen LogP contribution in [0.2, 0.25) is 0 Å². The van der Waals surface area contributed by atoms with Gasteiger partial charge in [-0.1, -0.05) is 0 Å². The van der Waals surface area contributed by atoms with Gasteiger partial charge in [-0.25, -0.2) is 9.97 Å². The van der Waals surface area contributed by atoms with E-state index in [4.69, 9.17) is 14.7 Å². The molecule has 5 rings (SSSR count). The quantitative estimate of drug-likeness (QED) is 0.567. The Balaban J connectivity index is 1.69. The molecule has 0 radical (unpaired) electrons. The Kier molecular flexibility index (Phi) is 4.80. The monoisotopic (exact) mass is 400 g/mol. The molecule has 1 atom stereocenters. The molecule has 30 heavy (non-hydrogen) atoms. The number of hydrogen-bond acceptors (Lipinski definition) is 6. The van der Waals surface area contributed by atoms with Crippen LogP contribution in [0.4, 0.5) is 5.82 Å². The minimum atomic E-state index is 0.391. The van der Waals surface area contributed by atoms with E-state index in [2.05, 4.69) is 38.8 Å². The number of fused-ring (bicyclic) bond motifs is 1. The second-order valence-electron chi connectivity index (χ2n) is 7.46. The molecule has 0 saturated carbocycles. The summed E-state index contributed by atoms with van der Waals surface area (Å²) >= 11 is 0. The summed E-state index contributed by atoms with van der Waals surface area (Å²) in [4.78, 5) is 16.5. The average Bonchev–Trinajstić information content (AvgIpc) is 3.19. The molecule has 4 heterocycles. The van der Waals surface area contributed by atoms with Gasteiger partial charge in [-0.2, -0.15) is 0 Å². The van der Waals surface area contributed by atoms with E-state index >= 15 is 0 Å². The van der Waals surface area contributed by atoms with Crippen molar-refractivity contribution in [3.63, 3.8) is 0 Å². The summed E-state index contributed by atoms with van der Waals surface area (Å²) in [5, 5.41) is 3.44. The van der Waals surface area contributed by atoms with Gasteiger partial charge in [0, 0.05) is 43.6 Å². The number of nitrogens with one attached hydrogen (secondary N) is 1. The van der Waals surface area contributed by atoms with Crippen molar-refractivity contribution in [3.8, 4) is 22.8 Å². The number of aromatic nitrogens is 4. The molecule has 1 N–H and O–H groups in total. The fourth-order valence-corrected chi connectivity index (χ4v) is 3.96. The molecule has 1 unspecified atom stereocenters. The van der Waals surface area contributed by atoms with Crippen molar-refractivity contribution >= 4 is 17.0 Å². The maximum absolute atomic E-state index is 5.31. The van der Waals surface area contributed by atoms with E-state index in [1.165, 1.54) is 0 Å². The fraction of sp³-hybridized carbons (Fsp3) is 0.261. The molecule has 152 valence electrons. The number of rotatable bonds is 4. The van der Waals surface area contributed by atoms with Crippen LogP contribution in [0.25, 0.3) is 28.2 Å². The van der Waals surface area contributed by atoms with Gasteiger partial charge in [0.05, 0.1) is 12.8 Å². The van der Waals surface area contributed by atoms with Crippen LogP contribution in [-0.4, -0.2) is 52.3 Å². The van der Waals surface area contributed by atoms with Crippen LogP contribution in [0.1, 0.15) is 6.92 Å². The number of benzene rings is 1. The lowest BCUT2D eigenvalue weighted by Crippen LogP contribution is -2.50. The van der Waals surface area contributed by atoms with Gasteiger partial charge >= 0.3 is 0 Å². The number of piperazine rings is 1. The summed E-state index contributed by atoms with van der Waals surface area (Å²) in [6.07, 6.45) is 3.59. The summed E-state index contributed by atoms with van der Waals surface area (Å²) in [6, 6.07) is 16.4. The first kappa shape index (κ1) is 18.6. The summed E-state index contributed by atoms with van der Waals surface area (Å²) in [5.74, 6) is 2.64. The van der Waals surface area contributed by atoms with Gasteiger partial charge in [-0.05, 0) is 55.5 Å². The lowest BCUT2D eigenvalue weighted by atomic mass is 10.2. The van der Waals surface area contributed by atoms with Gasteiger partial charge in [0.15, 0.2) is 5.65 Å². The number of pyridine rings is 2. The zero-order chi connectivity index (χ0) is 20.5. The Morgan fingerprint density at radius 1 is 1.00 bits per heavy atom. The third kappa shape index (κ3) is 3.27. The Morgan fingerprint density at radius 2 is 1.80 bits per heavy atom. The molecule has 0 spiro atoms. The second-order valence-corrected chi connectivity index (χ2v) is 7.46. The van der Waals surface area contributed by atoms with Gasteiger partial charge < -0.3 is 15.0 Å². The van der Waals surface area contributed by atoms with E-state index in [0.29, 0.717) is 6.04 Å². The first-order valence-electron chi connectivity index (χ1n) is 10.2. The molecule has 0 amide bonds. The normalized spacial score (nSPS) is 16.7. The largest absolute Gasteiger partial charge is 0.497 e. The molecular weight excluding hydrogens is 376 g/mol. The van der Waals surface area contributed by atoms with Crippen molar-refractivity contribution < 1.29 is 4.74 Å². The smallest absolute Gasteiger partial charge is 0.167 e. The molecule has 1 aliphatic rings. The van der Waals surface area contributed by atoms with Crippen molar-refractivity contribution in [2.45, 2.75) is 13.0 Å². The predicted molar refractivity (Wildman–Crippen MR) is 118 cm³/mol. The highest BCUT2D eigenvalue weighted by atomic mass is 16.5. The zero-order valence-electron chi connectivity index (χ0n) is 17.1. The van der Waals surface area contributed by atoms with E-state index in [1.807, 2.05) is 36.4 Å². The molecule has 7 heteroatoms. The minimum absolute atomic E-state index is 0.391.